The Morgan fingerprint density at radius 1 is 0.756 bits per heavy atom. The van der Waals surface area contributed by atoms with Crippen molar-refractivity contribution in [3.63, 3.8) is 0 Å². The minimum absolute atomic E-state index is 0.399. The van der Waals surface area contributed by atoms with Crippen LogP contribution in [-0.4, -0.2) is 16.8 Å². The van der Waals surface area contributed by atoms with Crippen LogP contribution in [0, 0.1) is 11.3 Å². The van der Waals surface area contributed by atoms with Gasteiger partial charge in [-0.1, -0.05) is 87.2 Å². The number of aromatic nitrogens is 2. The van der Waals surface area contributed by atoms with Gasteiger partial charge in [0.1, 0.15) is 10.8 Å². The topological polar surface area (TPSA) is 71.9 Å². The zero-order chi connectivity index (χ0) is 28.6. The van der Waals surface area contributed by atoms with Crippen molar-refractivity contribution in [2.45, 2.75) is 58.3 Å². The summed E-state index contributed by atoms with van der Waals surface area (Å²) in [6, 6.07) is 20.9. The molecule has 2 heterocycles. The molecule has 0 radical (unpaired) electrons. The van der Waals surface area contributed by atoms with E-state index in [2.05, 4.69) is 23.2 Å². The Kier molecular flexibility index (Phi) is 9.95. The summed E-state index contributed by atoms with van der Waals surface area (Å²) >= 11 is 15.2. The average molecular weight is 605 g/mol. The van der Waals surface area contributed by atoms with E-state index >= 15 is 0 Å². The van der Waals surface area contributed by atoms with Crippen LogP contribution in [0.2, 0.25) is 10.0 Å². The van der Waals surface area contributed by atoms with Crippen LogP contribution in [0.1, 0.15) is 63.9 Å². The highest BCUT2D eigenvalue weighted by Crippen LogP contribution is 2.47. The summed E-state index contributed by atoms with van der Waals surface area (Å²) < 4.78 is 12.9. The highest BCUT2D eigenvalue weighted by atomic mass is 35.5. The Morgan fingerprint density at radius 2 is 1.34 bits per heavy atom. The predicted octanol–water partition coefficient (Wildman–Crippen LogP) is 11.0. The third-order valence-electron chi connectivity index (χ3n) is 7.04. The van der Waals surface area contributed by atoms with Gasteiger partial charge in [0, 0.05) is 16.5 Å². The summed E-state index contributed by atoms with van der Waals surface area (Å²) in [4.78, 5) is 0.944. The molecular weight excluding hydrogens is 573 g/mol. The number of nitriles is 1. The first-order valence-electron chi connectivity index (χ1n) is 14.1. The van der Waals surface area contributed by atoms with Crippen LogP contribution in [0.3, 0.4) is 0 Å². The van der Waals surface area contributed by atoms with Crippen molar-refractivity contribution >= 4 is 44.6 Å². The molecule has 41 heavy (non-hydrogen) atoms. The summed E-state index contributed by atoms with van der Waals surface area (Å²) in [5.41, 5.74) is 3.11. The van der Waals surface area contributed by atoms with Gasteiger partial charge in [-0.05, 0) is 60.5 Å². The second kappa shape index (κ2) is 14.0. The summed E-state index contributed by atoms with van der Waals surface area (Å²) in [6.07, 6.45) is 10.1. The van der Waals surface area contributed by atoms with Gasteiger partial charge in [0.2, 0.25) is 11.8 Å². The molecule has 0 saturated carbocycles. The quantitative estimate of drug-likeness (QED) is 0.125. The standard InChI is InChI=1S/C33H31Cl2N3O2S/c1-2-3-4-5-6-7-8-9-20-39-27-19-18-26-28(34)30(41-31(26)29(27)35)23-14-16-25(17-15-23)33-38-37-32(40-33)24-12-10-22(21-36)11-13-24/h10-19H,2-9,20H2,1H3. The second-order valence-corrected chi connectivity index (χ2v) is 11.8. The Labute approximate surface area is 254 Å². The van der Waals surface area contributed by atoms with Gasteiger partial charge in [0.25, 0.3) is 0 Å². The van der Waals surface area contributed by atoms with E-state index in [-0.39, 0.29) is 0 Å². The molecule has 5 aromatic rings. The zero-order valence-electron chi connectivity index (χ0n) is 23.0. The van der Waals surface area contributed by atoms with Crippen molar-refractivity contribution < 1.29 is 9.15 Å². The maximum absolute atomic E-state index is 9.00. The van der Waals surface area contributed by atoms with Gasteiger partial charge in [0.15, 0.2) is 0 Å². The molecule has 0 aliphatic carbocycles. The molecule has 0 N–H and O–H groups in total. The minimum atomic E-state index is 0.399. The molecule has 0 unspecified atom stereocenters. The number of fused-ring (bicyclic) bond motifs is 1. The van der Waals surface area contributed by atoms with Gasteiger partial charge in [-0.2, -0.15) is 5.26 Å². The molecule has 0 aliphatic heterocycles. The average Bonchev–Trinajstić information content (AvgIpc) is 3.63. The lowest BCUT2D eigenvalue weighted by atomic mass is 10.1. The summed E-state index contributed by atoms with van der Waals surface area (Å²) in [6.45, 7) is 2.91. The lowest BCUT2D eigenvalue weighted by Gasteiger charge is -2.08. The molecule has 0 bridgehead atoms. The first kappa shape index (κ1) is 29.1. The van der Waals surface area contributed by atoms with E-state index in [1.54, 1.807) is 35.6 Å². The molecule has 5 rings (SSSR count). The SMILES string of the molecule is CCCCCCCCCCOc1ccc2c(Cl)c(-c3ccc(-c4nnc(-c5ccc(C#N)cc5)o4)cc3)sc2c1Cl. The van der Waals surface area contributed by atoms with Gasteiger partial charge in [-0.25, -0.2) is 0 Å². The van der Waals surface area contributed by atoms with Crippen LogP contribution < -0.4 is 4.74 Å². The maximum Gasteiger partial charge on any atom is 0.248 e. The van der Waals surface area contributed by atoms with Crippen LogP contribution in [0.15, 0.2) is 65.1 Å². The number of hydrogen-bond acceptors (Lipinski definition) is 6. The number of halogens is 2. The lowest BCUT2D eigenvalue weighted by molar-refractivity contribution is 0.305. The van der Waals surface area contributed by atoms with Crippen molar-refractivity contribution in [3.8, 4) is 45.2 Å². The molecule has 210 valence electrons. The normalized spacial score (nSPS) is 11.2. The molecular formula is C33H31Cl2N3O2S. The Hall–Kier alpha value is -3.37. The van der Waals surface area contributed by atoms with E-state index < -0.39 is 0 Å². The Balaban J connectivity index is 1.24. The van der Waals surface area contributed by atoms with Gasteiger partial charge in [0.05, 0.1) is 32.8 Å². The Bertz CT molecular complexity index is 1640. The van der Waals surface area contributed by atoms with Crippen LogP contribution in [0.5, 0.6) is 5.75 Å². The van der Waals surface area contributed by atoms with Gasteiger partial charge >= 0.3 is 0 Å². The summed E-state index contributed by atoms with van der Waals surface area (Å²) in [5.74, 6) is 1.52. The number of thiophene rings is 1. The van der Waals surface area contributed by atoms with Crippen LogP contribution in [-0.2, 0) is 0 Å². The fourth-order valence-corrected chi connectivity index (χ4v) is 6.60. The molecule has 5 nitrogen and oxygen atoms in total. The number of unbranched alkanes of at least 4 members (excludes halogenated alkanes) is 7. The third kappa shape index (κ3) is 6.93. The van der Waals surface area contributed by atoms with Crippen molar-refractivity contribution in [2.75, 3.05) is 6.61 Å². The first-order valence-corrected chi connectivity index (χ1v) is 15.6. The predicted molar refractivity (Wildman–Crippen MR) is 169 cm³/mol. The smallest absolute Gasteiger partial charge is 0.248 e. The second-order valence-electron chi connectivity index (χ2n) is 10.0. The number of rotatable bonds is 13. The number of benzene rings is 3. The van der Waals surface area contributed by atoms with Crippen molar-refractivity contribution in [1.29, 1.82) is 5.26 Å². The van der Waals surface area contributed by atoms with Crippen molar-refractivity contribution in [1.82, 2.24) is 10.2 Å². The Morgan fingerprint density at radius 3 is 1.98 bits per heavy atom. The van der Waals surface area contributed by atoms with E-state index in [4.69, 9.17) is 37.6 Å². The number of ether oxygens (including phenoxy) is 1. The van der Waals surface area contributed by atoms with E-state index in [0.717, 1.165) is 38.1 Å². The number of hydrogen-bond donors (Lipinski definition) is 0. The molecule has 8 heteroatoms. The highest BCUT2D eigenvalue weighted by Gasteiger charge is 2.18. The molecule has 0 amide bonds. The van der Waals surface area contributed by atoms with E-state index in [9.17, 15) is 0 Å². The van der Waals surface area contributed by atoms with Crippen LogP contribution in [0.25, 0.3) is 43.4 Å². The van der Waals surface area contributed by atoms with E-state index in [1.807, 2.05) is 36.4 Å². The molecule has 3 aromatic carbocycles. The fraction of sp³-hybridized carbons (Fsp3) is 0.303. The third-order valence-corrected chi connectivity index (χ3v) is 9.30. The molecule has 0 spiro atoms. The van der Waals surface area contributed by atoms with Crippen LogP contribution >= 0.6 is 34.5 Å². The van der Waals surface area contributed by atoms with Gasteiger partial charge < -0.3 is 9.15 Å². The molecule has 0 aliphatic rings. The maximum atomic E-state index is 9.00. The summed E-state index contributed by atoms with van der Waals surface area (Å²) in [7, 11) is 0. The monoisotopic (exact) mass is 603 g/mol. The fourth-order valence-electron chi connectivity index (χ4n) is 4.70. The van der Waals surface area contributed by atoms with Gasteiger partial charge in [-0.15, -0.1) is 21.5 Å². The largest absolute Gasteiger partial charge is 0.492 e. The van der Waals surface area contributed by atoms with Crippen LogP contribution in [0.4, 0.5) is 0 Å². The van der Waals surface area contributed by atoms with Crippen molar-refractivity contribution in [2.24, 2.45) is 0 Å². The number of nitrogens with zero attached hydrogens (tertiary/aromatic N) is 3. The highest BCUT2D eigenvalue weighted by molar-refractivity contribution is 7.23. The first-order chi connectivity index (χ1) is 20.1. The minimum Gasteiger partial charge on any atom is -0.492 e. The molecule has 2 aromatic heterocycles. The molecule has 0 saturated heterocycles. The van der Waals surface area contributed by atoms with Crippen molar-refractivity contribution in [3.05, 3.63) is 76.3 Å². The zero-order valence-corrected chi connectivity index (χ0v) is 25.3. The van der Waals surface area contributed by atoms with Gasteiger partial charge in [-0.3, -0.25) is 0 Å². The molecule has 0 fully saturated rings. The summed E-state index contributed by atoms with van der Waals surface area (Å²) in [5, 5.41) is 19.6. The van der Waals surface area contributed by atoms with E-state index in [0.29, 0.717) is 39.7 Å². The molecule has 0 atom stereocenters. The lowest BCUT2D eigenvalue weighted by Crippen LogP contribution is -1.97. The van der Waals surface area contributed by atoms with E-state index in [1.165, 1.54) is 44.9 Å².